The van der Waals surface area contributed by atoms with E-state index < -0.39 is 5.97 Å². The molecule has 27 heavy (non-hydrogen) atoms. The molecule has 3 heteroatoms. The summed E-state index contributed by atoms with van der Waals surface area (Å²) in [6.45, 7) is 10.4. The Hall–Kier alpha value is -3.64. The van der Waals surface area contributed by atoms with Crippen LogP contribution in [0.5, 0.6) is 0 Å². The van der Waals surface area contributed by atoms with Crippen LogP contribution in [0.2, 0.25) is 0 Å². The molecule has 0 amide bonds. The summed E-state index contributed by atoms with van der Waals surface area (Å²) < 4.78 is 0. The first-order valence-electron chi connectivity index (χ1n) is 8.26. The molecule has 0 saturated carbocycles. The number of aliphatic carboxylic acids is 1. The maximum absolute atomic E-state index is 9.60. The van der Waals surface area contributed by atoms with E-state index in [2.05, 4.69) is 25.3 Å². The van der Waals surface area contributed by atoms with Crippen LogP contribution in [0.4, 0.5) is 0 Å². The minimum Gasteiger partial charge on any atom is -0.478 e. The molecule has 0 saturated heterocycles. The molecule has 0 spiro atoms. The molecule has 2 rings (SSSR count). The van der Waals surface area contributed by atoms with Gasteiger partial charge in [-0.05, 0) is 25.0 Å². The van der Waals surface area contributed by atoms with Crippen molar-refractivity contribution < 1.29 is 9.90 Å². The molecule has 0 atom stereocenters. The number of allylic oxidation sites excluding steroid dienone is 4. The summed E-state index contributed by atoms with van der Waals surface area (Å²) in [5, 5.41) is 16.1. The largest absolute Gasteiger partial charge is 0.478 e. The summed E-state index contributed by atoms with van der Waals surface area (Å²) in [4.78, 5) is 9.60. The summed E-state index contributed by atoms with van der Waals surface area (Å²) in [5.41, 5.74) is 3.66. The van der Waals surface area contributed by atoms with Crippen LogP contribution < -0.4 is 0 Å². The monoisotopic (exact) mass is 359 g/mol. The number of carbonyl (C=O) groups is 1. The average Bonchev–Trinajstić information content (AvgIpc) is 2.68. The second-order valence-corrected chi connectivity index (χ2v) is 5.49. The standard InChI is InChI=1S/C11H9N.C9H10.C4H6O2/c12-10-6-2-5-9-11-7-3-1-4-8-11;1-8(2)9-6-4-3-5-7-9;1-3(2)4(5)6/h1-9H;3-7H,1H2,2H3;1H2,2H3,(H,5,6). The quantitative estimate of drug-likeness (QED) is 0.405. The van der Waals surface area contributed by atoms with Crippen LogP contribution in [-0.2, 0) is 4.79 Å². The third-order valence-electron chi connectivity index (χ3n) is 3.00. The van der Waals surface area contributed by atoms with Crippen LogP contribution in [0, 0.1) is 11.3 Å². The van der Waals surface area contributed by atoms with E-state index in [1.54, 1.807) is 6.08 Å². The molecule has 1 N–H and O–H groups in total. The topological polar surface area (TPSA) is 61.1 Å². The van der Waals surface area contributed by atoms with Crippen molar-refractivity contribution >= 4 is 17.6 Å². The highest BCUT2D eigenvalue weighted by Crippen LogP contribution is 2.08. The third kappa shape index (κ3) is 13.3. The van der Waals surface area contributed by atoms with Gasteiger partial charge < -0.3 is 5.11 Å². The van der Waals surface area contributed by atoms with Gasteiger partial charge in [0.2, 0.25) is 0 Å². The van der Waals surface area contributed by atoms with Gasteiger partial charge in [0, 0.05) is 11.6 Å². The zero-order valence-electron chi connectivity index (χ0n) is 15.8. The fourth-order valence-corrected chi connectivity index (χ4v) is 1.55. The lowest BCUT2D eigenvalue weighted by Crippen LogP contribution is -1.92. The van der Waals surface area contributed by atoms with E-state index in [1.807, 2.05) is 73.7 Å². The Morgan fingerprint density at radius 2 is 1.44 bits per heavy atom. The molecular weight excluding hydrogens is 334 g/mol. The number of benzene rings is 2. The third-order valence-corrected chi connectivity index (χ3v) is 3.00. The van der Waals surface area contributed by atoms with Crippen LogP contribution >= 0.6 is 0 Å². The lowest BCUT2D eigenvalue weighted by Gasteiger charge is -1.94. The zero-order chi connectivity index (χ0) is 20.5. The first-order chi connectivity index (χ1) is 12.9. The number of carboxylic acid groups (broad SMARTS) is 1. The molecule has 0 radical (unpaired) electrons. The van der Waals surface area contributed by atoms with E-state index in [1.165, 1.54) is 18.6 Å². The van der Waals surface area contributed by atoms with E-state index in [4.69, 9.17) is 10.4 Å². The highest BCUT2D eigenvalue weighted by Gasteiger charge is 1.90. The summed E-state index contributed by atoms with van der Waals surface area (Å²) in [5.74, 6) is -0.935. The molecule has 0 fully saturated rings. The SMILES string of the molecule is C=C(C)C(=O)O.C=C(C)c1ccccc1.N#CC=CC=Cc1ccccc1. The van der Waals surface area contributed by atoms with E-state index in [0.29, 0.717) is 0 Å². The summed E-state index contributed by atoms with van der Waals surface area (Å²) in [6.07, 6.45) is 6.96. The van der Waals surface area contributed by atoms with Gasteiger partial charge in [-0.3, -0.25) is 0 Å². The molecule has 0 aliphatic rings. The lowest BCUT2D eigenvalue weighted by atomic mass is 10.1. The first kappa shape index (κ1) is 23.4. The van der Waals surface area contributed by atoms with Gasteiger partial charge in [0.1, 0.15) is 0 Å². The Labute approximate surface area is 161 Å². The highest BCUT2D eigenvalue weighted by atomic mass is 16.4. The number of carboxylic acids is 1. The van der Waals surface area contributed by atoms with Gasteiger partial charge in [-0.2, -0.15) is 5.26 Å². The molecule has 0 bridgehead atoms. The van der Waals surface area contributed by atoms with Crippen molar-refractivity contribution in [3.05, 3.63) is 109 Å². The van der Waals surface area contributed by atoms with E-state index in [-0.39, 0.29) is 5.57 Å². The molecule has 0 aliphatic heterocycles. The van der Waals surface area contributed by atoms with Gasteiger partial charge >= 0.3 is 5.97 Å². The van der Waals surface area contributed by atoms with Crippen molar-refractivity contribution in [2.45, 2.75) is 13.8 Å². The second-order valence-electron chi connectivity index (χ2n) is 5.49. The Morgan fingerprint density at radius 1 is 0.963 bits per heavy atom. The molecule has 138 valence electrons. The summed E-state index contributed by atoms with van der Waals surface area (Å²) in [6, 6.07) is 22.0. The maximum atomic E-state index is 9.60. The van der Waals surface area contributed by atoms with Gasteiger partial charge in [0.05, 0.1) is 6.07 Å². The molecule has 0 heterocycles. The Kier molecular flexibility index (Phi) is 12.7. The van der Waals surface area contributed by atoms with E-state index in [9.17, 15) is 4.79 Å². The zero-order valence-corrected chi connectivity index (χ0v) is 15.8. The van der Waals surface area contributed by atoms with Crippen LogP contribution in [0.25, 0.3) is 11.6 Å². The van der Waals surface area contributed by atoms with E-state index in [0.717, 1.165) is 11.1 Å². The maximum Gasteiger partial charge on any atom is 0.330 e. The number of hydrogen-bond acceptors (Lipinski definition) is 2. The number of nitriles is 1. The fourth-order valence-electron chi connectivity index (χ4n) is 1.55. The average molecular weight is 359 g/mol. The molecule has 0 aliphatic carbocycles. The molecule has 3 nitrogen and oxygen atoms in total. The molecular formula is C24H25NO2. The van der Waals surface area contributed by atoms with Crippen LogP contribution in [0.15, 0.2) is 97.6 Å². The molecule has 0 unspecified atom stereocenters. The molecule has 0 aromatic heterocycles. The van der Waals surface area contributed by atoms with Crippen molar-refractivity contribution in [1.82, 2.24) is 0 Å². The Bertz CT molecular complexity index is 798. The second kappa shape index (κ2) is 14.7. The van der Waals surface area contributed by atoms with Gasteiger partial charge in [0.25, 0.3) is 0 Å². The van der Waals surface area contributed by atoms with E-state index >= 15 is 0 Å². The summed E-state index contributed by atoms with van der Waals surface area (Å²) >= 11 is 0. The smallest absolute Gasteiger partial charge is 0.330 e. The normalized spacial score (nSPS) is 9.37. The van der Waals surface area contributed by atoms with Gasteiger partial charge in [-0.1, -0.05) is 97.6 Å². The number of hydrogen-bond donors (Lipinski definition) is 1. The van der Waals surface area contributed by atoms with Crippen molar-refractivity contribution in [3.63, 3.8) is 0 Å². The number of rotatable bonds is 4. The van der Waals surface area contributed by atoms with Crippen LogP contribution in [-0.4, -0.2) is 11.1 Å². The van der Waals surface area contributed by atoms with Crippen molar-refractivity contribution in [2.24, 2.45) is 0 Å². The van der Waals surface area contributed by atoms with Gasteiger partial charge in [0.15, 0.2) is 0 Å². The fraction of sp³-hybridized carbons (Fsp3) is 0.0833. The minimum absolute atomic E-state index is 0.176. The molecule has 2 aromatic carbocycles. The summed E-state index contributed by atoms with van der Waals surface area (Å²) in [7, 11) is 0. The Morgan fingerprint density at radius 3 is 1.81 bits per heavy atom. The lowest BCUT2D eigenvalue weighted by molar-refractivity contribution is -0.132. The number of nitrogens with zero attached hydrogens (tertiary/aromatic N) is 1. The predicted molar refractivity (Wildman–Crippen MR) is 114 cm³/mol. The Balaban J connectivity index is 0.000000400. The van der Waals surface area contributed by atoms with Gasteiger partial charge in [-0.15, -0.1) is 0 Å². The predicted octanol–water partition coefficient (Wildman–Crippen LogP) is 6.15. The highest BCUT2D eigenvalue weighted by molar-refractivity contribution is 5.84. The van der Waals surface area contributed by atoms with Crippen molar-refractivity contribution in [1.29, 1.82) is 5.26 Å². The van der Waals surface area contributed by atoms with Crippen molar-refractivity contribution in [2.75, 3.05) is 0 Å². The molecule has 2 aromatic rings. The van der Waals surface area contributed by atoms with Crippen LogP contribution in [0.3, 0.4) is 0 Å². The van der Waals surface area contributed by atoms with Crippen molar-refractivity contribution in [3.8, 4) is 6.07 Å². The minimum atomic E-state index is -0.935. The van der Waals surface area contributed by atoms with Gasteiger partial charge in [-0.25, -0.2) is 4.79 Å². The first-order valence-corrected chi connectivity index (χ1v) is 8.26. The van der Waals surface area contributed by atoms with Crippen LogP contribution in [0.1, 0.15) is 25.0 Å².